The van der Waals surface area contributed by atoms with Crippen LogP contribution in [0.25, 0.3) is 0 Å². The molecule has 0 atom stereocenters. The van der Waals surface area contributed by atoms with E-state index < -0.39 is 5.69 Å². The number of hydrogen-bond acceptors (Lipinski definition) is 3. The third-order valence-electron chi connectivity index (χ3n) is 2.50. The van der Waals surface area contributed by atoms with Crippen molar-refractivity contribution in [3.05, 3.63) is 0 Å². The van der Waals surface area contributed by atoms with Gasteiger partial charge in [-0.3, -0.25) is 0 Å². The van der Waals surface area contributed by atoms with Crippen LogP contribution in [-0.4, -0.2) is 37.1 Å². The Morgan fingerprint density at radius 2 is 1.22 bits per heavy atom. The third-order valence-corrected chi connectivity index (χ3v) is 4.85. The molecule has 0 fully saturated rings. The molecule has 2 radical (unpaired) electrons. The Bertz CT molecular complexity index is 200. The normalized spacial score (nSPS) is 11.3. The van der Waals surface area contributed by atoms with Gasteiger partial charge in [-0.15, -0.1) is 0 Å². The molecule has 0 aliphatic heterocycles. The molecule has 0 N–H and O–H groups in total. The first-order valence-corrected chi connectivity index (χ1v) is 10.5. The fourth-order valence-corrected chi connectivity index (χ4v) is 3.19. The Hall–Kier alpha value is 1.72. The average molecular weight is 419 g/mol. The Balaban J connectivity index is 0. The van der Waals surface area contributed by atoms with E-state index in [1.807, 2.05) is 0 Å². The summed E-state index contributed by atoms with van der Waals surface area (Å²) in [6.07, 6.45) is 9.53. The summed E-state index contributed by atoms with van der Waals surface area (Å²) >= 11 is 9.55. The fourth-order valence-electron chi connectivity index (χ4n) is 1.45. The van der Waals surface area contributed by atoms with Crippen molar-refractivity contribution in [3.63, 3.8) is 0 Å². The summed E-state index contributed by atoms with van der Waals surface area (Å²) in [6, 6.07) is 0. The second-order valence-electron chi connectivity index (χ2n) is 4.26. The SMILES string of the molecule is CCCCCCOP(=S)(S)OCCCCCC.[SnH2]. The molecule has 0 saturated carbocycles. The molecule has 0 rings (SSSR count). The van der Waals surface area contributed by atoms with Gasteiger partial charge >= 0.3 is 23.9 Å². The van der Waals surface area contributed by atoms with Gasteiger partial charge in [0, 0.05) is 0 Å². The maximum atomic E-state index is 5.55. The van der Waals surface area contributed by atoms with Crippen LogP contribution in [0.15, 0.2) is 0 Å². The second kappa shape index (κ2) is 15.1. The molecule has 0 bridgehead atoms. The van der Waals surface area contributed by atoms with Gasteiger partial charge in [0.1, 0.15) is 0 Å². The van der Waals surface area contributed by atoms with Crippen LogP contribution in [0.3, 0.4) is 0 Å². The first-order chi connectivity index (χ1) is 8.12. The topological polar surface area (TPSA) is 18.5 Å². The van der Waals surface area contributed by atoms with Crippen molar-refractivity contribution in [2.24, 2.45) is 0 Å². The first-order valence-electron chi connectivity index (χ1n) is 6.74. The van der Waals surface area contributed by atoms with Crippen molar-refractivity contribution in [3.8, 4) is 0 Å². The monoisotopic (exact) mass is 420 g/mol. The molecule has 0 aromatic rings. The molecule has 0 saturated heterocycles. The molecule has 2 nitrogen and oxygen atoms in total. The van der Waals surface area contributed by atoms with E-state index >= 15 is 0 Å². The van der Waals surface area contributed by atoms with Gasteiger partial charge in [0.15, 0.2) is 0 Å². The molecule has 110 valence electrons. The van der Waals surface area contributed by atoms with Gasteiger partial charge in [0.2, 0.25) is 5.69 Å². The molecule has 18 heavy (non-hydrogen) atoms. The molecule has 0 aromatic heterocycles. The van der Waals surface area contributed by atoms with Gasteiger partial charge in [-0.25, -0.2) is 0 Å². The van der Waals surface area contributed by atoms with E-state index in [0.29, 0.717) is 13.2 Å². The molecule has 0 unspecified atom stereocenters. The minimum absolute atomic E-state index is 0. The molecular formula is C12H29O2PS2Sn. The number of thiol groups is 1. The van der Waals surface area contributed by atoms with Gasteiger partial charge in [0.25, 0.3) is 0 Å². The Labute approximate surface area is 140 Å². The van der Waals surface area contributed by atoms with Crippen LogP contribution in [0.1, 0.15) is 65.2 Å². The van der Waals surface area contributed by atoms with Crippen LogP contribution in [0.5, 0.6) is 0 Å². The molecule has 0 amide bonds. The van der Waals surface area contributed by atoms with Gasteiger partial charge in [-0.2, -0.15) is 0 Å². The summed E-state index contributed by atoms with van der Waals surface area (Å²) in [5.41, 5.74) is -2.26. The second-order valence-corrected chi connectivity index (χ2v) is 9.54. The fraction of sp³-hybridized carbons (Fsp3) is 1.00. The molecule has 0 spiro atoms. The zero-order chi connectivity index (χ0) is 13.0. The quantitative estimate of drug-likeness (QED) is 0.219. The summed E-state index contributed by atoms with van der Waals surface area (Å²) < 4.78 is 11.1. The van der Waals surface area contributed by atoms with Crippen molar-refractivity contribution in [1.29, 1.82) is 0 Å². The molecule has 0 aliphatic carbocycles. The van der Waals surface area contributed by atoms with E-state index in [4.69, 9.17) is 20.9 Å². The number of unbranched alkanes of at least 4 members (excludes halogenated alkanes) is 6. The van der Waals surface area contributed by atoms with Crippen molar-refractivity contribution in [2.75, 3.05) is 13.2 Å². The van der Waals surface area contributed by atoms with Crippen molar-refractivity contribution in [1.82, 2.24) is 0 Å². The first kappa shape index (κ1) is 22.0. The maximum absolute atomic E-state index is 5.55. The van der Waals surface area contributed by atoms with Crippen LogP contribution < -0.4 is 0 Å². The van der Waals surface area contributed by atoms with Gasteiger partial charge in [0.05, 0.1) is 13.2 Å². The van der Waals surface area contributed by atoms with Crippen LogP contribution in [-0.2, 0) is 20.9 Å². The molecular weight excluding hydrogens is 390 g/mol. The third kappa shape index (κ3) is 15.8. The summed E-state index contributed by atoms with van der Waals surface area (Å²) in [5, 5.41) is 0. The Morgan fingerprint density at radius 1 is 0.833 bits per heavy atom. The van der Waals surface area contributed by atoms with Crippen LogP contribution in [0, 0.1) is 0 Å². The molecule has 0 heterocycles. The van der Waals surface area contributed by atoms with Gasteiger partial charge < -0.3 is 9.05 Å². The Kier molecular flexibility index (Phi) is 18.5. The van der Waals surface area contributed by atoms with Crippen molar-refractivity contribution < 1.29 is 9.05 Å². The number of rotatable bonds is 12. The summed E-state index contributed by atoms with van der Waals surface area (Å²) in [7, 11) is 0. The zero-order valence-corrected chi connectivity index (χ0v) is 18.5. The predicted molar refractivity (Wildman–Crippen MR) is 92.0 cm³/mol. The minimum atomic E-state index is -2.26. The molecule has 6 heteroatoms. The number of hydrogen-bond donors (Lipinski definition) is 1. The van der Waals surface area contributed by atoms with E-state index in [1.165, 1.54) is 38.5 Å². The van der Waals surface area contributed by atoms with Crippen LogP contribution >= 0.6 is 17.9 Å². The van der Waals surface area contributed by atoms with Crippen LogP contribution in [0.2, 0.25) is 0 Å². The summed E-state index contributed by atoms with van der Waals surface area (Å²) in [5.74, 6) is 0. The van der Waals surface area contributed by atoms with E-state index in [1.54, 1.807) is 0 Å². The molecule has 0 aliphatic rings. The zero-order valence-electron chi connectivity index (χ0n) is 11.9. The van der Waals surface area contributed by atoms with Crippen molar-refractivity contribution >= 4 is 53.7 Å². The van der Waals surface area contributed by atoms with E-state index in [9.17, 15) is 0 Å². The van der Waals surface area contributed by atoms with Gasteiger partial charge in [-0.1, -0.05) is 64.6 Å². The standard InChI is InChI=1S/C12H27O2PS2.Sn.2H/c1-3-5-7-9-11-13-15(16,17)14-12-10-8-6-4-2;;;/h3-12H2,1-2H3,(H,16,17);;;. The van der Waals surface area contributed by atoms with E-state index in [0.717, 1.165) is 12.8 Å². The van der Waals surface area contributed by atoms with E-state index in [2.05, 4.69) is 26.1 Å². The van der Waals surface area contributed by atoms with Gasteiger partial charge in [-0.05, 0) is 24.6 Å². The predicted octanol–water partition coefficient (Wildman–Crippen LogP) is 4.42. The summed E-state index contributed by atoms with van der Waals surface area (Å²) in [4.78, 5) is 0. The summed E-state index contributed by atoms with van der Waals surface area (Å²) in [6.45, 7) is 5.78. The van der Waals surface area contributed by atoms with E-state index in [-0.39, 0.29) is 23.9 Å². The van der Waals surface area contributed by atoms with Crippen LogP contribution in [0.4, 0.5) is 0 Å². The molecule has 0 aromatic carbocycles. The van der Waals surface area contributed by atoms with Crippen molar-refractivity contribution in [2.45, 2.75) is 65.2 Å². The Morgan fingerprint density at radius 3 is 1.56 bits per heavy atom. The average Bonchev–Trinajstić information content (AvgIpc) is 2.28.